The number of carbonyl (C=O) groups excluding carboxylic acids is 1. The van der Waals surface area contributed by atoms with Gasteiger partial charge < -0.3 is 19.5 Å². The minimum Gasteiger partial charge on any atom is -0.497 e. The number of carbonyl (C=O) groups is 1. The molecule has 0 aliphatic carbocycles. The van der Waals surface area contributed by atoms with Gasteiger partial charge in [0.25, 0.3) is 5.91 Å². The van der Waals surface area contributed by atoms with E-state index in [0.717, 1.165) is 24.2 Å². The van der Waals surface area contributed by atoms with Crippen molar-refractivity contribution in [2.45, 2.75) is 37.9 Å². The molecule has 1 aromatic rings. The van der Waals surface area contributed by atoms with Crippen molar-refractivity contribution in [1.82, 2.24) is 5.32 Å². The molecule has 0 radical (unpaired) electrons. The van der Waals surface area contributed by atoms with Crippen molar-refractivity contribution in [3.8, 4) is 5.75 Å². The maximum atomic E-state index is 11.2. The summed E-state index contributed by atoms with van der Waals surface area (Å²) < 4.78 is 16.4. The molecular weight excluding hydrogens is 246 g/mol. The molecule has 0 unspecified atom stereocenters. The Balaban J connectivity index is 1.50. The van der Waals surface area contributed by atoms with Gasteiger partial charge in [-0.05, 0) is 24.1 Å². The van der Waals surface area contributed by atoms with E-state index in [4.69, 9.17) is 14.2 Å². The topological polar surface area (TPSA) is 56.8 Å². The number of ether oxygens (including phenoxy) is 3. The summed E-state index contributed by atoms with van der Waals surface area (Å²) in [6.45, 7) is 0.480. The fraction of sp³-hybridized carbons (Fsp3) is 0.500. The lowest BCUT2D eigenvalue weighted by Crippen LogP contribution is -2.66. The predicted molar refractivity (Wildman–Crippen MR) is 67.6 cm³/mol. The number of rotatable bonds is 4. The van der Waals surface area contributed by atoms with Crippen LogP contribution in [0.3, 0.4) is 0 Å². The van der Waals surface area contributed by atoms with Crippen molar-refractivity contribution in [1.29, 1.82) is 0 Å². The number of β-lactam (4-membered cyclic amide) rings is 1. The molecule has 2 aliphatic rings. The Morgan fingerprint density at radius 3 is 2.79 bits per heavy atom. The molecule has 19 heavy (non-hydrogen) atoms. The van der Waals surface area contributed by atoms with E-state index in [1.807, 2.05) is 24.3 Å². The number of benzene rings is 1. The predicted octanol–water partition coefficient (Wildman–Crippen LogP) is 1.22. The summed E-state index contributed by atoms with van der Waals surface area (Å²) in [4.78, 5) is 11.2. The molecule has 2 fully saturated rings. The fourth-order valence-electron chi connectivity index (χ4n) is 2.39. The third kappa shape index (κ3) is 2.57. The van der Waals surface area contributed by atoms with Gasteiger partial charge in [0.15, 0.2) is 12.4 Å². The van der Waals surface area contributed by atoms with E-state index in [0.29, 0.717) is 6.61 Å². The van der Waals surface area contributed by atoms with Crippen molar-refractivity contribution >= 4 is 5.91 Å². The Bertz CT molecular complexity index is 459. The second-order valence-corrected chi connectivity index (χ2v) is 4.84. The van der Waals surface area contributed by atoms with Gasteiger partial charge in [0.05, 0.1) is 19.8 Å². The number of methoxy groups -OCH3 is 1. The van der Waals surface area contributed by atoms with Crippen LogP contribution in [-0.4, -0.2) is 31.5 Å². The molecule has 0 spiro atoms. The van der Waals surface area contributed by atoms with Crippen LogP contribution in [0.15, 0.2) is 24.3 Å². The van der Waals surface area contributed by atoms with Crippen LogP contribution in [-0.2, 0) is 20.9 Å². The zero-order valence-electron chi connectivity index (χ0n) is 10.8. The number of hydrogen-bond donors (Lipinski definition) is 1. The van der Waals surface area contributed by atoms with Gasteiger partial charge in [0.2, 0.25) is 0 Å². The summed E-state index contributed by atoms with van der Waals surface area (Å²) in [5.74, 6) is 0.800. The van der Waals surface area contributed by atoms with E-state index in [-0.39, 0.29) is 24.3 Å². The highest BCUT2D eigenvalue weighted by molar-refractivity contribution is 5.88. The minimum absolute atomic E-state index is 0.0252. The third-order valence-corrected chi connectivity index (χ3v) is 3.56. The molecule has 102 valence electrons. The molecule has 2 aliphatic heterocycles. The van der Waals surface area contributed by atoms with E-state index >= 15 is 0 Å². The lowest BCUT2D eigenvalue weighted by atomic mass is 9.94. The summed E-state index contributed by atoms with van der Waals surface area (Å²) in [7, 11) is 1.64. The average Bonchev–Trinajstić information content (AvgIpc) is 2.45. The molecule has 2 heterocycles. The van der Waals surface area contributed by atoms with Crippen molar-refractivity contribution in [2.75, 3.05) is 7.11 Å². The monoisotopic (exact) mass is 263 g/mol. The Labute approximate surface area is 111 Å². The largest absolute Gasteiger partial charge is 0.497 e. The molecule has 1 amide bonds. The van der Waals surface area contributed by atoms with E-state index in [2.05, 4.69) is 5.32 Å². The molecule has 1 aromatic carbocycles. The van der Waals surface area contributed by atoms with Gasteiger partial charge in [0.1, 0.15) is 5.75 Å². The van der Waals surface area contributed by atoms with Crippen molar-refractivity contribution in [2.24, 2.45) is 0 Å². The Morgan fingerprint density at radius 1 is 1.32 bits per heavy atom. The minimum atomic E-state index is -0.311. The SMILES string of the molecule is COc1ccc(CO[C@H]2CC[C@H]3NC(=O)[C@H]3O2)cc1. The lowest BCUT2D eigenvalue weighted by Gasteiger charge is -2.42. The quantitative estimate of drug-likeness (QED) is 0.830. The van der Waals surface area contributed by atoms with Gasteiger partial charge >= 0.3 is 0 Å². The highest BCUT2D eigenvalue weighted by atomic mass is 16.7. The number of fused-ring (bicyclic) bond motifs is 1. The summed E-state index contributed by atoms with van der Waals surface area (Å²) >= 11 is 0. The second kappa shape index (κ2) is 5.19. The van der Waals surface area contributed by atoms with Gasteiger partial charge in [-0.1, -0.05) is 12.1 Å². The zero-order valence-corrected chi connectivity index (χ0v) is 10.8. The first-order valence-electron chi connectivity index (χ1n) is 6.46. The van der Waals surface area contributed by atoms with E-state index in [9.17, 15) is 4.79 Å². The number of hydrogen-bond acceptors (Lipinski definition) is 4. The maximum Gasteiger partial charge on any atom is 0.251 e. The second-order valence-electron chi connectivity index (χ2n) is 4.84. The third-order valence-electron chi connectivity index (χ3n) is 3.56. The standard InChI is InChI=1S/C14H17NO4/c1-17-10-4-2-9(3-5-10)8-18-12-7-6-11-13(19-12)14(16)15-11/h2-5,11-13H,6-8H2,1H3,(H,15,16)/t11-,12-,13+/m1/s1. The van der Waals surface area contributed by atoms with Crippen molar-refractivity contribution in [3.05, 3.63) is 29.8 Å². The summed E-state index contributed by atoms with van der Waals surface area (Å²) in [6, 6.07) is 7.90. The van der Waals surface area contributed by atoms with Crippen molar-refractivity contribution < 1.29 is 19.0 Å². The highest BCUT2D eigenvalue weighted by Gasteiger charge is 2.45. The molecular formula is C14H17NO4. The van der Waals surface area contributed by atoms with Crippen LogP contribution in [0.4, 0.5) is 0 Å². The molecule has 3 rings (SSSR count). The van der Waals surface area contributed by atoms with Gasteiger partial charge in [-0.2, -0.15) is 0 Å². The van der Waals surface area contributed by atoms with Crippen molar-refractivity contribution in [3.63, 3.8) is 0 Å². The van der Waals surface area contributed by atoms with Gasteiger partial charge in [-0.25, -0.2) is 0 Å². The van der Waals surface area contributed by atoms with Gasteiger partial charge in [0, 0.05) is 6.42 Å². The molecule has 0 saturated carbocycles. The maximum absolute atomic E-state index is 11.2. The Morgan fingerprint density at radius 2 is 2.11 bits per heavy atom. The van der Waals surface area contributed by atoms with Crippen LogP contribution in [0.25, 0.3) is 0 Å². The smallest absolute Gasteiger partial charge is 0.251 e. The summed E-state index contributed by atoms with van der Waals surface area (Å²) in [5.41, 5.74) is 1.06. The van der Waals surface area contributed by atoms with Crippen LogP contribution in [0.5, 0.6) is 5.75 Å². The fourth-order valence-corrected chi connectivity index (χ4v) is 2.39. The van der Waals surface area contributed by atoms with Crippen LogP contribution in [0.1, 0.15) is 18.4 Å². The molecule has 3 atom stereocenters. The summed E-state index contributed by atoms with van der Waals surface area (Å²) in [6.07, 6.45) is 1.14. The lowest BCUT2D eigenvalue weighted by molar-refractivity contribution is -0.223. The Hall–Kier alpha value is -1.59. The van der Waals surface area contributed by atoms with Crippen LogP contribution in [0, 0.1) is 0 Å². The first kappa shape index (κ1) is 12.4. The Kier molecular flexibility index (Phi) is 3.40. The van der Waals surface area contributed by atoms with Gasteiger partial charge in [-0.3, -0.25) is 4.79 Å². The van der Waals surface area contributed by atoms with Crippen LogP contribution < -0.4 is 10.1 Å². The van der Waals surface area contributed by atoms with E-state index in [1.54, 1.807) is 7.11 Å². The summed E-state index contributed by atoms with van der Waals surface area (Å²) in [5, 5.41) is 2.82. The first-order valence-corrected chi connectivity index (χ1v) is 6.46. The average molecular weight is 263 g/mol. The molecule has 1 N–H and O–H groups in total. The normalized spacial score (nSPS) is 29.1. The van der Waals surface area contributed by atoms with Gasteiger partial charge in [-0.15, -0.1) is 0 Å². The van der Waals surface area contributed by atoms with Crippen LogP contribution >= 0.6 is 0 Å². The number of nitrogens with one attached hydrogen (secondary N) is 1. The van der Waals surface area contributed by atoms with E-state index in [1.165, 1.54) is 0 Å². The van der Waals surface area contributed by atoms with E-state index < -0.39 is 0 Å². The molecule has 0 bridgehead atoms. The molecule has 5 nitrogen and oxygen atoms in total. The number of amides is 1. The molecule has 5 heteroatoms. The molecule has 2 saturated heterocycles. The van der Waals surface area contributed by atoms with Crippen LogP contribution in [0.2, 0.25) is 0 Å². The molecule has 0 aromatic heterocycles. The zero-order chi connectivity index (χ0) is 13.2. The first-order chi connectivity index (χ1) is 9.26. The highest BCUT2D eigenvalue weighted by Crippen LogP contribution is 2.26.